The van der Waals surface area contributed by atoms with Crippen LogP contribution in [0, 0.1) is 6.92 Å². The molecule has 0 unspecified atom stereocenters. The second kappa shape index (κ2) is 7.45. The van der Waals surface area contributed by atoms with Crippen LogP contribution in [0.5, 0.6) is 17.8 Å². The van der Waals surface area contributed by atoms with Crippen molar-refractivity contribution in [2.45, 2.75) is 20.4 Å². The largest absolute Gasteiger partial charge is 0.467 e. The molecule has 0 aliphatic rings. The van der Waals surface area contributed by atoms with Crippen molar-refractivity contribution in [1.29, 1.82) is 0 Å². The summed E-state index contributed by atoms with van der Waals surface area (Å²) < 4.78 is 16.3. The lowest BCUT2D eigenvalue weighted by Crippen LogP contribution is -2.07. The molecule has 1 N–H and O–H groups in total. The molecule has 0 saturated heterocycles. The number of hydrogen-bond acceptors (Lipinski definition) is 7. The van der Waals surface area contributed by atoms with Crippen LogP contribution < -0.4 is 14.8 Å². The quantitative estimate of drug-likeness (QED) is 0.710. The lowest BCUT2D eigenvalue weighted by Gasteiger charge is -2.09. The fourth-order valence-electron chi connectivity index (χ4n) is 1.95. The Bertz CT molecular complexity index is 773. The first-order chi connectivity index (χ1) is 11.7. The zero-order valence-corrected chi connectivity index (χ0v) is 13.5. The van der Waals surface area contributed by atoms with Gasteiger partial charge in [0.2, 0.25) is 5.95 Å². The topological polar surface area (TPSA) is 82.3 Å². The fourth-order valence-corrected chi connectivity index (χ4v) is 1.95. The summed E-state index contributed by atoms with van der Waals surface area (Å²) in [7, 11) is 0. The Kier molecular flexibility index (Phi) is 4.90. The molecule has 24 heavy (non-hydrogen) atoms. The lowest BCUT2D eigenvalue weighted by atomic mass is 10.2. The van der Waals surface area contributed by atoms with Gasteiger partial charge in [0.25, 0.3) is 0 Å². The molecule has 0 saturated carbocycles. The Labute approximate surface area is 139 Å². The molecule has 2 aromatic heterocycles. The summed E-state index contributed by atoms with van der Waals surface area (Å²) in [5.74, 6) is 1.77. The van der Waals surface area contributed by atoms with Crippen molar-refractivity contribution in [1.82, 2.24) is 15.0 Å². The van der Waals surface area contributed by atoms with Crippen LogP contribution in [-0.2, 0) is 6.54 Å². The van der Waals surface area contributed by atoms with Crippen molar-refractivity contribution in [3.63, 3.8) is 0 Å². The number of rotatable bonds is 7. The average Bonchev–Trinajstić information content (AvgIpc) is 3.09. The number of aromatic nitrogens is 3. The smallest absolute Gasteiger partial charge is 0.330 e. The highest BCUT2D eigenvalue weighted by Gasteiger charge is 2.10. The summed E-state index contributed by atoms with van der Waals surface area (Å²) in [6, 6.07) is 11.7. The van der Waals surface area contributed by atoms with Gasteiger partial charge in [-0.05, 0) is 38.1 Å². The van der Waals surface area contributed by atoms with Crippen LogP contribution in [0.25, 0.3) is 0 Å². The van der Waals surface area contributed by atoms with Crippen LogP contribution >= 0.6 is 0 Å². The van der Waals surface area contributed by atoms with E-state index in [0.717, 1.165) is 11.3 Å². The van der Waals surface area contributed by atoms with Gasteiger partial charge in [-0.2, -0.15) is 9.97 Å². The molecule has 0 bridgehead atoms. The second-order valence-electron chi connectivity index (χ2n) is 5.01. The predicted molar refractivity (Wildman–Crippen MR) is 88.3 cm³/mol. The molecule has 0 aliphatic heterocycles. The Morgan fingerprint density at radius 3 is 2.54 bits per heavy atom. The zero-order valence-electron chi connectivity index (χ0n) is 13.5. The Hall–Kier alpha value is -3.09. The predicted octanol–water partition coefficient (Wildman–Crippen LogP) is 3.58. The van der Waals surface area contributed by atoms with Gasteiger partial charge in [-0.3, -0.25) is 0 Å². The van der Waals surface area contributed by atoms with E-state index in [0.29, 0.717) is 24.8 Å². The highest BCUT2D eigenvalue weighted by molar-refractivity contribution is 5.32. The van der Waals surface area contributed by atoms with Crippen molar-refractivity contribution in [3.05, 3.63) is 54.0 Å². The molecule has 1 aromatic carbocycles. The second-order valence-corrected chi connectivity index (χ2v) is 5.01. The summed E-state index contributed by atoms with van der Waals surface area (Å²) in [6.45, 7) is 4.77. The van der Waals surface area contributed by atoms with E-state index in [1.165, 1.54) is 0 Å². The zero-order chi connectivity index (χ0) is 16.8. The molecule has 2 heterocycles. The normalized spacial score (nSPS) is 10.4. The molecule has 3 rings (SSSR count). The lowest BCUT2D eigenvalue weighted by molar-refractivity contribution is 0.303. The molecular formula is C17H18N4O3. The Morgan fingerprint density at radius 1 is 1.04 bits per heavy atom. The SMILES string of the molecule is CCOc1nc(NCc2ccco2)nc(Oc2ccc(C)cc2)n1. The maximum Gasteiger partial charge on any atom is 0.330 e. The molecule has 124 valence electrons. The molecule has 0 amide bonds. The van der Waals surface area contributed by atoms with E-state index >= 15 is 0 Å². The molecule has 7 nitrogen and oxygen atoms in total. The Morgan fingerprint density at radius 2 is 1.83 bits per heavy atom. The van der Waals surface area contributed by atoms with Crippen molar-refractivity contribution in [2.75, 3.05) is 11.9 Å². The van der Waals surface area contributed by atoms with Crippen LogP contribution in [0.15, 0.2) is 47.1 Å². The van der Waals surface area contributed by atoms with Crippen LogP contribution in [-0.4, -0.2) is 21.6 Å². The molecule has 3 aromatic rings. The Balaban J connectivity index is 1.77. The van der Waals surface area contributed by atoms with Gasteiger partial charge in [0.1, 0.15) is 11.5 Å². The molecule has 0 atom stereocenters. The standard InChI is InChI=1S/C17H18N4O3/c1-3-22-16-19-15(18-11-14-5-4-10-23-14)20-17(21-16)24-13-8-6-12(2)7-9-13/h4-10H,3,11H2,1-2H3,(H,18,19,20,21). The van der Waals surface area contributed by atoms with Crippen molar-refractivity contribution in [3.8, 4) is 17.8 Å². The van der Waals surface area contributed by atoms with Gasteiger partial charge >= 0.3 is 12.0 Å². The minimum absolute atomic E-state index is 0.166. The number of nitrogens with zero attached hydrogens (tertiary/aromatic N) is 3. The summed E-state index contributed by atoms with van der Waals surface area (Å²) >= 11 is 0. The third-order valence-electron chi connectivity index (χ3n) is 3.10. The van der Waals surface area contributed by atoms with Crippen molar-refractivity contribution < 1.29 is 13.9 Å². The highest BCUT2D eigenvalue weighted by atomic mass is 16.5. The first-order valence-corrected chi connectivity index (χ1v) is 7.62. The van der Waals surface area contributed by atoms with Crippen LogP contribution in [0.3, 0.4) is 0 Å². The van der Waals surface area contributed by atoms with Crippen LogP contribution in [0.2, 0.25) is 0 Å². The molecule has 0 aliphatic carbocycles. The van der Waals surface area contributed by atoms with Gasteiger partial charge in [-0.15, -0.1) is 4.98 Å². The van der Waals surface area contributed by atoms with E-state index in [1.807, 2.05) is 50.2 Å². The summed E-state index contributed by atoms with van der Waals surface area (Å²) in [4.78, 5) is 12.6. The summed E-state index contributed by atoms with van der Waals surface area (Å²) in [5.41, 5.74) is 1.15. The molecule has 0 spiro atoms. The number of ether oxygens (including phenoxy) is 2. The van der Waals surface area contributed by atoms with Gasteiger partial charge in [0.15, 0.2) is 0 Å². The molecule has 0 radical (unpaired) electrons. The third-order valence-corrected chi connectivity index (χ3v) is 3.10. The highest BCUT2D eigenvalue weighted by Crippen LogP contribution is 2.21. The average molecular weight is 326 g/mol. The van der Waals surface area contributed by atoms with E-state index in [1.54, 1.807) is 6.26 Å². The maximum absolute atomic E-state index is 5.69. The van der Waals surface area contributed by atoms with E-state index in [9.17, 15) is 0 Å². The minimum atomic E-state index is 0.166. The summed E-state index contributed by atoms with van der Waals surface area (Å²) in [5, 5.41) is 3.07. The number of benzene rings is 1. The first-order valence-electron chi connectivity index (χ1n) is 7.62. The van der Waals surface area contributed by atoms with Gasteiger partial charge < -0.3 is 19.2 Å². The van der Waals surface area contributed by atoms with Gasteiger partial charge in [0, 0.05) is 0 Å². The van der Waals surface area contributed by atoms with Gasteiger partial charge in [-0.25, -0.2) is 0 Å². The van der Waals surface area contributed by atoms with Crippen LogP contribution in [0.4, 0.5) is 5.95 Å². The first kappa shape index (κ1) is 15.8. The van der Waals surface area contributed by atoms with Crippen molar-refractivity contribution >= 4 is 5.95 Å². The summed E-state index contributed by atoms with van der Waals surface area (Å²) in [6.07, 6.45) is 1.61. The number of hydrogen-bond donors (Lipinski definition) is 1. The van der Waals surface area contributed by atoms with Gasteiger partial charge in [0.05, 0.1) is 19.4 Å². The van der Waals surface area contributed by atoms with Crippen molar-refractivity contribution in [2.24, 2.45) is 0 Å². The fraction of sp³-hybridized carbons (Fsp3) is 0.235. The third kappa shape index (κ3) is 4.22. The number of anilines is 1. The van der Waals surface area contributed by atoms with Gasteiger partial charge in [-0.1, -0.05) is 17.7 Å². The minimum Gasteiger partial charge on any atom is -0.467 e. The molecular weight excluding hydrogens is 308 g/mol. The number of aryl methyl sites for hydroxylation is 1. The van der Waals surface area contributed by atoms with Crippen LogP contribution in [0.1, 0.15) is 18.2 Å². The van der Waals surface area contributed by atoms with E-state index in [4.69, 9.17) is 13.9 Å². The van der Waals surface area contributed by atoms with E-state index < -0.39 is 0 Å². The number of furan rings is 1. The maximum atomic E-state index is 5.69. The molecule has 0 fully saturated rings. The molecule has 7 heteroatoms. The van der Waals surface area contributed by atoms with E-state index in [2.05, 4.69) is 20.3 Å². The van der Waals surface area contributed by atoms with E-state index in [-0.39, 0.29) is 12.0 Å². The monoisotopic (exact) mass is 326 g/mol. The number of nitrogens with one attached hydrogen (secondary N) is 1.